The summed E-state index contributed by atoms with van der Waals surface area (Å²) in [5.74, 6) is 0.654. The van der Waals surface area contributed by atoms with Crippen LogP contribution in [0.25, 0.3) is 11.2 Å². The van der Waals surface area contributed by atoms with Crippen LogP contribution in [0.2, 0.25) is 18.6 Å². The van der Waals surface area contributed by atoms with Gasteiger partial charge in [0.25, 0.3) is 5.95 Å². The second kappa shape index (κ2) is 7.23. The van der Waals surface area contributed by atoms with E-state index >= 15 is 0 Å². The van der Waals surface area contributed by atoms with Gasteiger partial charge in [0.15, 0.2) is 20.3 Å². The zero-order valence-corrected chi connectivity index (χ0v) is 19.1. The second-order valence-electron chi connectivity index (χ2n) is 8.80. The van der Waals surface area contributed by atoms with Crippen LogP contribution in [0.4, 0.5) is 5.95 Å². The van der Waals surface area contributed by atoms with E-state index in [9.17, 15) is 4.80 Å². The SMILES string of the molecule is CC=Nc1nc(C)c2ncn([C@H]3C[C@H]([Si](C)(C)O)[C@@H](CC)[C@@]34COC(C)O4)c2n1. The summed E-state index contributed by atoms with van der Waals surface area (Å²) in [6, 6.07) is -0.0147. The number of hydrogen-bond donors (Lipinski definition) is 1. The van der Waals surface area contributed by atoms with Gasteiger partial charge in [0.1, 0.15) is 11.1 Å². The molecule has 1 N–H and O–H groups in total. The average Bonchev–Trinajstić information content (AvgIpc) is 3.31. The van der Waals surface area contributed by atoms with Crippen molar-refractivity contribution in [3.8, 4) is 0 Å². The lowest BCUT2D eigenvalue weighted by molar-refractivity contribution is -0.105. The Kier molecular flexibility index (Phi) is 5.13. The van der Waals surface area contributed by atoms with Gasteiger partial charge in [-0.25, -0.2) is 15.0 Å². The highest BCUT2D eigenvalue weighted by atomic mass is 28.4. The van der Waals surface area contributed by atoms with Crippen LogP contribution in [0.1, 0.15) is 45.3 Å². The molecule has 4 rings (SSSR count). The standard InChI is InChI=1S/C20H31N5O3Si/c1-7-14-15(29(5,6)26)9-16(20(14)10-27-13(4)28-20)25-11-22-17-12(3)23-19(21-8-2)24-18(17)25/h8,11,13-16,26H,7,9-10H2,1-6H3/t13?,14-,15+,16+,20+/m1/s1. The Morgan fingerprint density at radius 1 is 1.41 bits per heavy atom. The largest absolute Gasteiger partial charge is 0.432 e. The van der Waals surface area contributed by atoms with E-state index in [1.807, 2.05) is 40.2 Å². The summed E-state index contributed by atoms with van der Waals surface area (Å²) in [7, 11) is -2.41. The van der Waals surface area contributed by atoms with E-state index in [4.69, 9.17) is 9.47 Å². The maximum atomic E-state index is 11.1. The van der Waals surface area contributed by atoms with Gasteiger partial charge in [0.2, 0.25) is 0 Å². The lowest BCUT2D eigenvalue weighted by Crippen LogP contribution is -2.46. The molecule has 2 aromatic rings. The summed E-state index contributed by atoms with van der Waals surface area (Å²) in [5.41, 5.74) is 2.06. The van der Waals surface area contributed by atoms with Crippen molar-refractivity contribution in [1.29, 1.82) is 0 Å². The third kappa shape index (κ3) is 3.24. The number of nitrogens with zero attached hydrogens (tertiary/aromatic N) is 5. The topological polar surface area (TPSA) is 94.7 Å². The summed E-state index contributed by atoms with van der Waals surface area (Å²) in [4.78, 5) is 29.1. The molecule has 1 aliphatic heterocycles. The maximum Gasteiger partial charge on any atom is 0.251 e. The van der Waals surface area contributed by atoms with E-state index in [2.05, 4.69) is 31.4 Å². The molecule has 0 radical (unpaired) electrons. The first-order valence-corrected chi connectivity index (χ1v) is 13.4. The van der Waals surface area contributed by atoms with Crippen LogP contribution in [0.15, 0.2) is 11.3 Å². The van der Waals surface area contributed by atoms with E-state index in [0.717, 1.165) is 29.7 Å². The number of rotatable bonds is 4. The summed E-state index contributed by atoms with van der Waals surface area (Å²) in [5, 5.41) is 0. The molecule has 1 unspecified atom stereocenters. The minimum absolute atomic E-state index is 0.0147. The van der Waals surface area contributed by atoms with Crippen molar-refractivity contribution in [1.82, 2.24) is 19.5 Å². The van der Waals surface area contributed by atoms with E-state index in [1.165, 1.54) is 0 Å². The van der Waals surface area contributed by atoms with E-state index in [1.54, 1.807) is 6.21 Å². The van der Waals surface area contributed by atoms with Crippen molar-refractivity contribution < 1.29 is 14.3 Å². The molecule has 158 valence electrons. The number of aliphatic imine (C=N–C) groups is 1. The zero-order valence-electron chi connectivity index (χ0n) is 18.1. The fourth-order valence-electron chi connectivity index (χ4n) is 5.39. The van der Waals surface area contributed by atoms with Gasteiger partial charge in [-0.1, -0.05) is 13.3 Å². The highest BCUT2D eigenvalue weighted by Crippen LogP contribution is 2.59. The Balaban J connectivity index is 1.88. The number of aryl methyl sites for hydroxylation is 1. The quantitative estimate of drug-likeness (QED) is 0.604. The molecule has 1 spiro atoms. The fourth-order valence-corrected chi connectivity index (χ4v) is 7.69. The molecular formula is C20H31N5O3Si. The van der Waals surface area contributed by atoms with E-state index in [0.29, 0.717) is 12.6 Å². The Bertz CT molecular complexity index is 940. The van der Waals surface area contributed by atoms with Crippen LogP contribution in [0, 0.1) is 12.8 Å². The Hall–Kier alpha value is -1.68. The number of imidazole rings is 1. The fraction of sp³-hybridized carbons (Fsp3) is 0.700. The third-order valence-electron chi connectivity index (χ3n) is 6.60. The smallest absolute Gasteiger partial charge is 0.251 e. The Morgan fingerprint density at radius 2 is 2.17 bits per heavy atom. The molecule has 3 heterocycles. The van der Waals surface area contributed by atoms with E-state index in [-0.39, 0.29) is 23.8 Å². The molecule has 1 saturated heterocycles. The van der Waals surface area contributed by atoms with Crippen LogP contribution < -0.4 is 0 Å². The zero-order chi connectivity index (χ0) is 21.0. The lowest BCUT2D eigenvalue weighted by Gasteiger charge is -2.37. The average molecular weight is 418 g/mol. The molecule has 2 fully saturated rings. The molecule has 5 atom stereocenters. The minimum Gasteiger partial charge on any atom is -0.432 e. The van der Waals surface area contributed by atoms with Crippen molar-refractivity contribution in [3.63, 3.8) is 0 Å². The molecule has 1 aliphatic carbocycles. The van der Waals surface area contributed by atoms with Gasteiger partial charge >= 0.3 is 0 Å². The normalized spacial score (nSPS) is 32.9. The van der Waals surface area contributed by atoms with Crippen molar-refractivity contribution >= 4 is 31.6 Å². The first-order valence-electron chi connectivity index (χ1n) is 10.4. The van der Waals surface area contributed by atoms with Crippen molar-refractivity contribution in [3.05, 3.63) is 12.0 Å². The van der Waals surface area contributed by atoms with Crippen LogP contribution >= 0.6 is 0 Å². The van der Waals surface area contributed by atoms with Crippen LogP contribution in [-0.2, 0) is 9.47 Å². The van der Waals surface area contributed by atoms with Gasteiger partial charge in [-0.05, 0) is 51.7 Å². The first kappa shape index (κ1) is 20.6. The van der Waals surface area contributed by atoms with Crippen LogP contribution in [-0.4, -0.2) is 57.3 Å². The van der Waals surface area contributed by atoms with Crippen LogP contribution in [0.5, 0.6) is 0 Å². The third-order valence-corrected chi connectivity index (χ3v) is 9.05. The first-order chi connectivity index (χ1) is 13.7. The number of fused-ring (bicyclic) bond motifs is 1. The Morgan fingerprint density at radius 3 is 2.76 bits per heavy atom. The number of aromatic nitrogens is 4. The van der Waals surface area contributed by atoms with Gasteiger partial charge in [0, 0.05) is 6.21 Å². The number of hydrogen-bond acceptors (Lipinski definition) is 7. The van der Waals surface area contributed by atoms with E-state index < -0.39 is 13.9 Å². The highest BCUT2D eigenvalue weighted by molar-refractivity contribution is 6.71. The molecule has 0 bridgehead atoms. The summed E-state index contributed by atoms with van der Waals surface area (Å²) in [6.07, 6.45) is 5.02. The van der Waals surface area contributed by atoms with Gasteiger partial charge in [-0.15, -0.1) is 0 Å². The predicted molar refractivity (Wildman–Crippen MR) is 114 cm³/mol. The predicted octanol–water partition coefficient (Wildman–Crippen LogP) is 3.53. The monoisotopic (exact) mass is 417 g/mol. The lowest BCUT2D eigenvalue weighted by atomic mass is 9.86. The highest BCUT2D eigenvalue weighted by Gasteiger charge is 2.62. The molecule has 2 aromatic heterocycles. The molecular weight excluding hydrogens is 386 g/mol. The van der Waals surface area contributed by atoms with Crippen molar-refractivity contribution in [2.75, 3.05) is 6.61 Å². The second-order valence-corrected chi connectivity index (χ2v) is 12.8. The molecule has 0 aromatic carbocycles. The minimum atomic E-state index is -2.41. The molecule has 2 aliphatic rings. The van der Waals surface area contributed by atoms with Gasteiger partial charge in [0.05, 0.1) is 24.7 Å². The molecule has 9 heteroatoms. The molecule has 0 amide bonds. The van der Waals surface area contributed by atoms with Gasteiger partial charge in [-0.2, -0.15) is 4.98 Å². The van der Waals surface area contributed by atoms with Gasteiger partial charge < -0.3 is 18.8 Å². The molecule has 1 saturated carbocycles. The summed E-state index contributed by atoms with van der Waals surface area (Å²) < 4.78 is 14.5. The summed E-state index contributed by atoms with van der Waals surface area (Å²) in [6.45, 7) is 12.5. The summed E-state index contributed by atoms with van der Waals surface area (Å²) >= 11 is 0. The molecule has 8 nitrogen and oxygen atoms in total. The molecule has 29 heavy (non-hydrogen) atoms. The van der Waals surface area contributed by atoms with Gasteiger partial charge in [-0.3, -0.25) is 0 Å². The Labute approximate surface area is 172 Å². The van der Waals surface area contributed by atoms with Crippen molar-refractivity contribution in [2.45, 2.75) is 77.1 Å². The van der Waals surface area contributed by atoms with Crippen LogP contribution in [0.3, 0.4) is 0 Å². The maximum absolute atomic E-state index is 11.1. The van der Waals surface area contributed by atoms with Crippen molar-refractivity contribution in [2.24, 2.45) is 10.9 Å². The number of ether oxygens (including phenoxy) is 2.